The Bertz CT molecular complexity index is 443. The second-order valence-electron chi connectivity index (χ2n) is 4.70. The highest BCUT2D eigenvalue weighted by Gasteiger charge is 2.14. The van der Waals surface area contributed by atoms with Crippen molar-refractivity contribution in [3.05, 3.63) is 16.3 Å². The average Bonchev–Trinajstić information content (AvgIpc) is 2.71. The van der Waals surface area contributed by atoms with E-state index in [0.717, 1.165) is 10.6 Å². The van der Waals surface area contributed by atoms with E-state index in [1.165, 1.54) is 6.92 Å². The maximum atomic E-state index is 11.7. The molecule has 0 aliphatic heterocycles. The quantitative estimate of drug-likeness (QED) is 0.744. The van der Waals surface area contributed by atoms with Crippen LogP contribution in [0.15, 0.2) is 11.4 Å². The van der Waals surface area contributed by atoms with Gasteiger partial charge in [-0.15, -0.1) is 11.3 Å². The van der Waals surface area contributed by atoms with Gasteiger partial charge in [0.1, 0.15) is 0 Å². The van der Waals surface area contributed by atoms with Crippen molar-refractivity contribution in [3.8, 4) is 0 Å². The smallest absolute Gasteiger partial charge is 0.237 e. The van der Waals surface area contributed by atoms with Crippen molar-refractivity contribution in [2.75, 3.05) is 5.32 Å². The van der Waals surface area contributed by atoms with E-state index in [2.05, 4.69) is 16.0 Å². The van der Waals surface area contributed by atoms with Crippen molar-refractivity contribution in [2.24, 2.45) is 0 Å². The van der Waals surface area contributed by atoms with Gasteiger partial charge in [-0.1, -0.05) is 0 Å². The molecule has 19 heavy (non-hydrogen) atoms. The molecule has 1 atom stereocenters. The van der Waals surface area contributed by atoms with Crippen molar-refractivity contribution in [2.45, 2.75) is 46.3 Å². The number of nitrogens with one attached hydrogen (secondary N) is 3. The topological polar surface area (TPSA) is 70.2 Å². The van der Waals surface area contributed by atoms with Crippen LogP contribution < -0.4 is 16.0 Å². The Morgan fingerprint density at radius 1 is 1.32 bits per heavy atom. The van der Waals surface area contributed by atoms with E-state index in [9.17, 15) is 9.59 Å². The third kappa shape index (κ3) is 5.40. The molecule has 0 radical (unpaired) electrons. The summed E-state index contributed by atoms with van der Waals surface area (Å²) in [6, 6.07) is 1.73. The number of rotatable bonds is 6. The molecular formula is C13H21N3O2S. The van der Waals surface area contributed by atoms with Crippen LogP contribution in [0.4, 0.5) is 5.69 Å². The zero-order valence-electron chi connectivity index (χ0n) is 11.7. The molecule has 0 saturated carbocycles. The van der Waals surface area contributed by atoms with Gasteiger partial charge in [-0.2, -0.15) is 0 Å². The number of amides is 2. The van der Waals surface area contributed by atoms with Gasteiger partial charge >= 0.3 is 0 Å². The summed E-state index contributed by atoms with van der Waals surface area (Å²) in [4.78, 5) is 23.8. The van der Waals surface area contributed by atoms with Gasteiger partial charge in [0, 0.05) is 24.4 Å². The summed E-state index contributed by atoms with van der Waals surface area (Å²) >= 11 is 1.55. The van der Waals surface area contributed by atoms with Gasteiger partial charge in [-0.3, -0.25) is 9.59 Å². The lowest BCUT2D eigenvalue weighted by Crippen LogP contribution is -2.44. The van der Waals surface area contributed by atoms with Crippen LogP contribution >= 0.6 is 11.3 Å². The van der Waals surface area contributed by atoms with E-state index < -0.39 is 0 Å². The second-order valence-corrected chi connectivity index (χ2v) is 5.71. The second kappa shape index (κ2) is 7.25. The molecule has 0 aliphatic rings. The van der Waals surface area contributed by atoms with Crippen LogP contribution in [0.2, 0.25) is 0 Å². The van der Waals surface area contributed by atoms with Crippen LogP contribution in [0, 0.1) is 0 Å². The number of hydrogen-bond acceptors (Lipinski definition) is 4. The van der Waals surface area contributed by atoms with Gasteiger partial charge in [-0.25, -0.2) is 0 Å². The molecule has 1 heterocycles. The fourth-order valence-corrected chi connectivity index (χ4v) is 2.31. The molecule has 0 spiro atoms. The third-order valence-electron chi connectivity index (χ3n) is 2.45. The van der Waals surface area contributed by atoms with Crippen LogP contribution in [-0.4, -0.2) is 23.9 Å². The fraction of sp³-hybridized carbons (Fsp3) is 0.538. The number of carbonyl (C=O) groups is 2. The zero-order valence-corrected chi connectivity index (χ0v) is 12.6. The summed E-state index contributed by atoms with van der Waals surface area (Å²) in [6.45, 7) is 7.72. The summed E-state index contributed by atoms with van der Waals surface area (Å²) in [7, 11) is 0. The van der Waals surface area contributed by atoms with Gasteiger partial charge in [0.05, 0.1) is 11.7 Å². The predicted octanol–water partition coefficient (Wildman–Crippen LogP) is 1.71. The maximum Gasteiger partial charge on any atom is 0.237 e. The monoisotopic (exact) mass is 283 g/mol. The average molecular weight is 283 g/mol. The summed E-state index contributed by atoms with van der Waals surface area (Å²) in [5.41, 5.74) is 0.807. The minimum atomic E-state index is -0.269. The lowest BCUT2D eigenvalue weighted by Gasteiger charge is -2.16. The lowest BCUT2D eigenvalue weighted by atomic mass is 10.2. The first-order valence-corrected chi connectivity index (χ1v) is 7.15. The maximum absolute atomic E-state index is 11.7. The number of hydrogen-bond donors (Lipinski definition) is 3. The highest BCUT2D eigenvalue weighted by atomic mass is 32.1. The standard InChI is InChI=1S/C13H21N3O2S/c1-8(2)15-13(18)9(3)14-7-12-11(5-6-19-12)16-10(4)17/h5-6,8-9,14H,7H2,1-4H3,(H,15,18)(H,16,17). The van der Waals surface area contributed by atoms with E-state index in [-0.39, 0.29) is 23.9 Å². The Morgan fingerprint density at radius 3 is 2.58 bits per heavy atom. The Morgan fingerprint density at radius 2 is 2.00 bits per heavy atom. The van der Waals surface area contributed by atoms with Crippen LogP contribution in [-0.2, 0) is 16.1 Å². The number of anilines is 1. The molecule has 1 unspecified atom stereocenters. The highest BCUT2D eigenvalue weighted by molar-refractivity contribution is 7.10. The number of thiophene rings is 1. The van der Waals surface area contributed by atoms with Gasteiger partial charge < -0.3 is 16.0 Å². The SMILES string of the molecule is CC(=O)Nc1ccsc1CNC(C)C(=O)NC(C)C. The van der Waals surface area contributed by atoms with Crippen LogP contribution in [0.1, 0.15) is 32.6 Å². The molecule has 0 aromatic carbocycles. The lowest BCUT2D eigenvalue weighted by molar-refractivity contribution is -0.123. The summed E-state index contributed by atoms with van der Waals surface area (Å²) in [6.07, 6.45) is 0. The van der Waals surface area contributed by atoms with Crippen LogP contribution in [0.25, 0.3) is 0 Å². The Labute approximate surface area is 117 Å². The largest absolute Gasteiger partial charge is 0.353 e. The molecule has 106 valence electrons. The molecule has 0 bridgehead atoms. The fourth-order valence-electron chi connectivity index (χ4n) is 1.53. The summed E-state index contributed by atoms with van der Waals surface area (Å²) in [5.74, 6) is -0.113. The van der Waals surface area contributed by atoms with E-state index in [4.69, 9.17) is 0 Å². The first-order valence-electron chi connectivity index (χ1n) is 6.28. The van der Waals surface area contributed by atoms with Gasteiger partial charge in [0.2, 0.25) is 11.8 Å². The molecule has 2 amide bonds. The molecule has 1 aromatic heterocycles. The van der Waals surface area contributed by atoms with Gasteiger partial charge in [0.15, 0.2) is 0 Å². The van der Waals surface area contributed by atoms with Crippen molar-refractivity contribution >= 4 is 28.8 Å². The first-order chi connectivity index (χ1) is 8.90. The Hall–Kier alpha value is -1.40. The first kappa shape index (κ1) is 15.7. The van der Waals surface area contributed by atoms with Crippen molar-refractivity contribution in [3.63, 3.8) is 0 Å². The van der Waals surface area contributed by atoms with Gasteiger partial charge in [0.25, 0.3) is 0 Å². The van der Waals surface area contributed by atoms with E-state index >= 15 is 0 Å². The summed E-state index contributed by atoms with van der Waals surface area (Å²) < 4.78 is 0. The Balaban J connectivity index is 2.50. The molecule has 0 aliphatic carbocycles. The van der Waals surface area contributed by atoms with Crippen LogP contribution in [0.5, 0.6) is 0 Å². The number of carbonyl (C=O) groups excluding carboxylic acids is 2. The minimum absolute atomic E-state index is 0.0207. The van der Waals surface area contributed by atoms with Crippen molar-refractivity contribution in [1.29, 1.82) is 0 Å². The van der Waals surface area contributed by atoms with E-state index in [0.29, 0.717) is 6.54 Å². The highest BCUT2D eigenvalue weighted by Crippen LogP contribution is 2.22. The molecule has 5 nitrogen and oxygen atoms in total. The molecule has 0 fully saturated rings. The van der Waals surface area contributed by atoms with Crippen molar-refractivity contribution < 1.29 is 9.59 Å². The summed E-state index contributed by atoms with van der Waals surface area (Å²) in [5, 5.41) is 10.7. The molecule has 0 saturated heterocycles. The third-order valence-corrected chi connectivity index (χ3v) is 3.37. The minimum Gasteiger partial charge on any atom is -0.353 e. The van der Waals surface area contributed by atoms with E-state index in [1.54, 1.807) is 11.3 Å². The predicted molar refractivity (Wildman–Crippen MR) is 78.2 cm³/mol. The zero-order chi connectivity index (χ0) is 14.4. The molecule has 1 aromatic rings. The molecular weight excluding hydrogens is 262 g/mol. The molecule has 3 N–H and O–H groups in total. The van der Waals surface area contributed by atoms with Gasteiger partial charge in [-0.05, 0) is 32.2 Å². The molecule has 6 heteroatoms. The van der Waals surface area contributed by atoms with Crippen LogP contribution in [0.3, 0.4) is 0 Å². The Kier molecular flexibility index (Phi) is 5.98. The van der Waals surface area contributed by atoms with E-state index in [1.807, 2.05) is 32.2 Å². The van der Waals surface area contributed by atoms with Crippen molar-refractivity contribution in [1.82, 2.24) is 10.6 Å². The molecule has 1 rings (SSSR count). The normalized spacial score (nSPS) is 12.3.